The second kappa shape index (κ2) is 5.02. The molecule has 0 aromatic carbocycles. The maximum atomic E-state index is 6.08. The van der Waals surface area contributed by atoms with E-state index in [1.807, 2.05) is 32.3 Å². The van der Waals surface area contributed by atoms with Crippen molar-refractivity contribution in [1.29, 1.82) is 0 Å². The van der Waals surface area contributed by atoms with Crippen LogP contribution in [0, 0.1) is 6.92 Å². The summed E-state index contributed by atoms with van der Waals surface area (Å²) in [4.78, 5) is 13.1. The Morgan fingerprint density at radius 3 is 2.60 bits per heavy atom. The highest BCUT2D eigenvalue weighted by atomic mass is 35.5. The van der Waals surface area contributed by atoms with Gasteiger partial charge in [0.2, 0.25) is 0 Å². The van der Waals surface area contributed by atoms with Crippen molar-refractivity contribution in [3.8, 4) is 22.8 Å². The Labute approximate surface area is 121 Å². The molecule has 3 aromatic heterocycles. The van der Waals surface area contributed by atoms with Crippen molar-refractivity contribution in [1.82, 2.24) is 24.7 Å². The summed E-state index contributed by atoms with van der Waals surface area (Å²) in [5, 5.41) is 4.52. The molecule has 0 bridgehead atoms. The number of hydrogen-bond donors (Lipinski definition) is 0. The molecule has 20 heavy (non-hydrogen) atoms. The third-order valence-electron chi connectivity index (χ3n) is 2.84. The summed E-state index contributed by atoms with van der Waals surface area (Å²) in [6.45, 7) is 1.98. The number of halogens is 1. The first-order chi connectivity index (χ1) is 9.61. The summed E-state index contributed by atoms with van der Waals surface area (Å²) in [7, 11) is 1.86. The van der Waals surface area contributed by atoms with Crippen LogP contribution in [0.5, 0.6) is 0 Å². The van der Waals surface area contributed by atoms with Crippen molar-refractivity contribution in [2.24, 2.45) is 7.05 Å². The fourth-order valence-electron chi connectivity index (χ4n) is 1.83. The first kappa shape index (κ1) is 12.7. The summed E-state index contributed by atoms with van der Waals surface area (Å²) >= 11 is 6.08. The summed E-state index contributed by atoms with van der Waals surface area (Å²) in [6.07, 6.45) is 5.40. The maximum absolute atomic E-state index is 6.08. The Morgan fingerprint density at radius 2 is 1.95 bits per heavy atom. The van der Waals surface area contributed by atoms with Crippen LogP contribution in [0.1, 0.15) is 5.56 Å². The van der Waals surface area contributed by atoms with Gasteiger partial charge in [0.15, 0.2) is 5.82 Å². The van der Waals surface area contributed by atoms with Crippen LogP contribution in [-0.4, -0.2) is 24.7 Å². The van der Waals surface area contributed by atoms with Gasteiger partial charge in [-0.05, 0) is 18.6 Å². The van der Waals surface area contributed by atoms with E-state index < -0.39 is 0 Å². The number of rotatable bonds is 2. The molecular formula is C14H12ClN5. The average Bonchev–Trinajstić information content (AvgIpc) is 2.85. The highest BCUT2D eigenvalue weighted by molar-refractivity contribution is 6.29. The van der Waals surface area contributed by atoms with Crippen LogP contribution in [0.25, 0.3) is 22.8 Å². The third-order valence-corrected chi connectivity index (χ3v) is 3.03. The molecule has 0 aliphatic heterocycles. The number of aromatic nitrogens is 5. The zero-order valence-corrected chi connectivity index (χ0v) is 11.8. The summed E-state index contributed by atoms with van der Waals surface area (Å²) in [5.74, 6) is 0.511. The summed E-state index contributed by atoms with van der Waals surface area (Å²) in [5.41, 5.74) is 3.41. The Morgan fingerprint density at radius 1 is 1.10 bits per heavy atom. The fraction of sp³-hybridized carbons (Fsp3) is 0.143. The van der Waals surface area contributed by atoms with E-state index in [0.717, 1.165) is 16.8 Å². The Balaban J connectivity index is 2.09. The summed E-state index contributed by atoms with van der Waals surface area (Å²) in [6, 6.07) is 5.57. The van der Waals surface area contributed by atoms with Crippen LogP contribution in [0.4, 0.5) is 0 Å². The lowest BCUT2D eigenvalue weighted by Gasteiger charge is -2.03. The maximum Gasteiger partial charge on any atom is 0.180 e. The van der Waals surface area contributed by atoms with E-state index in [0.29, 0.717) is 16.7 Å². The minimum Gasteiger partial charge on any atom is -0.275 e. The molecule has 0 N–H and O–H groups in total. The Hall–Kier alpha value is -2.27. The highest BCUT2D eigenvalue weighted by Gasteiger charge is 2.09. The van der Waals surface area contributed by atoms with Crippen molar-refractivity contribution in [3.63, 3.8) is 0 Å². The van der Waals surface area contributed by atoms with E-state index in [9.17, 15) is 0 Å². The van der Waals surface area contributed by atoms with Crippen LogP contribution in [0.2, 0.25) is 5.15 Å². The molecule has 0 unspecified atom stereocenters. The first-order valence-electron chi connectivity index (χ1n) is 6.08. The standard InChI is InChI=1S/C14H12ClN5/c1-9-3-4-11(16-6-9)14-18-12(5-13(15)19-14)10-7-17-20(2)8-10/h3-8H,1-2H3. The molecule has 0 aliphatic rings. The molecule has 3 aromatic rings. The molecule has 0 amide bonds. The van der Waals surface area contributed by atoms with Gasteiger partial charge in [-0.3, -0.25) is 9.67 Å². The molecule has 6 heteroatoms. The molecule has 0 saturated heterocycles. The lowest BCUT2D eigenvalue weighted by atomic mass is 10.2. The van der Waals surface area contributed by atoms with Crippen molar-refractivity contribution >= 4 is 11.6 Å². The van der Waals surface area contributed by atoms with Gasteiger partial charge in [-0.15, -0.1) is 0 Å². The van der Waals surface area contributed by atoms with Crippen molar-refractivity contribution in [3.05, 3.63) is 47.5 Å². The second-order valence-electron chi connectivity index (χ2n) is 4.52. The lowest BCUT2D eigenvalue weighted by molar-refractivity contribution is 0.768. The minimum atomic E-state index is 0.385. The zero-order valence-electron chi connectivity index (χ0n) is 11.1. The van der Waals surface area contributed by atoms with Crippen LogP contribution < -0.4 is 0 Å². The smallest absolute Gasteiger partial charge is 0.180 e. The Bertz CT molecular complexity index is 749. The molecular weight excluding hydrogens is 274 g/mol. The van der Waals surface area contributed by atoms with Gasteiger partial charge >= 0.3 is 0 Å². The van der Waals surface area contributed by atoms with Crippen LogP contribution in [0.15, 0.2) is 36.8 Å². The molecule has 0 spiro atoms. The quantitative estimate of drug-likeness (QED) is 0.679. The first-order valence-corrected chi connectivity index (χ1v) is 6.46. The van der Waals surface area contributed by atoms with Gasteiger partial charge in [0.25, 0.3) is 0 Å². The SMILES string of the molecule is Cc1ccc(-c2nc(Cl)cc(-c3cnn(C)c3)n2)nc1. The van der Waals surface area contributed by atoms with Crippen molar-refractivity contribution in [2.75, 3.05) is 0 Å². The molecule has 3 heterocycles. The molecule has 0 saturated carbocycles. The average molecular weight is 286 g/mol. The van der Waals surface area contributed by atoms with E-state index in [2.05, 4.69) is 20.1 Å². The van der Waals surface area contributed by atoms with Gasteiger partial charge in [-0.25, -0.2) is 9.97 Å². The molecule has 3 rings (SSSR count). The fourth-order valence-corrected chi connectivity index (χ4v) is 2.02. The topological polar surface area (TPSA) is 56.5 Å². The predicted molar refractivity (Wildman–Crippen MR) is 77.2 cm³/mol. The van der Waals surface area contributed by atoms with Crippen LogP contribution in [0.3, 0.4) is 0 Å². The Kier molecular flexibility index (Phi) is 3.20. The van der Waals surface area contributed by atoms with Gasteiger partial charge < -0.3 is 0 Å². The van der Waals surface area contributed by atoms with E-state index in [1.54, 1.807) is 23.1 Å². The molecule has 0 aliphatic carbocycles. The van der Waals surface area contributed by atoms with Gasteiger partial charge in [-0.1, -0.05) is 17.7 Å². The molecule has 5 nitrogen and oxygen atoms in total. The summed E-state index contributed by atoms with van der Waals surface area (Å²) < 4.78 is 1.72. The largest absolute Gasteiger partial charge is 0.275 e. The van der Waals surface area contributed by atoms with Crippen LogP contribution >= 0.6 is 11.6 Å². The monoisotopic (exact) mass is 285 g/mol. The van der Waals surface area contributed by atoms with Gasteiger partial charge in [0.05, 0.1) is 11.9 Å². The second-order valence-corrected chi connectivity index (χ2v) is 4.91. The number of nitrogens with zero attached hydrogens (tertiary/aromatic N) is 5. The number of aryl methyl sites for hydroxylation is 2. The van der Waals surface area contributed by atoms with E-state index in [1.165, 1.54) is 0 Å². The van der Waals surface area contributed by atoms with Crippen molar-refractivity contribution < 1.29 is 0 Å². The molecule has 100 valence electrons. The van der Waals surface area contributed by atoms with Crippen LogP contribution in [-0.2, 0) is 7.05 Å². The minimum absolute atomic E-state index is 0.385. The normalized spacial score (nSPS) is 10.8. The van der Waals surface area contributed by atoms with E-state index >= 15 is 0 Å². The molecule has 0 fully saturated rings. The van der Waals surface area contributed by atoms with E-state index in [-0.39, 0.29) is 0 Å². The number of pyridine rings is 1. The van der Waals surface area contributed by atoms with E-state index in [4.69, 9.17) is 11.6 Å². The third kappa shape index (κ3) is 2.53. The van der Waals surface area contributed by atoms with Gasteiger partial charge in [0, 0.05) is 31.1 Å². The number of hydrogen-bond acceptors (Lipinski definition) is 4. The lowest BCUT2D eigenvalue weighted by Crippen LogP contribution is -1.94. The van der Waals surface area contributed by atoms with Gasteiger partial charge in [0.1, 0.15) is 10.8 Å². The predicted octanol–water partition coefficient (Wildman–Crippen LogP) is 2.90. The highest BCUT2D eigenvalue weighted by Crippen LogP contribution is 2.23. The molecule has 0 radical (unpaired) electrons. The zero-order chi connectivity index (χ0) is 14.1. The van der Waals surface area contributed by atoms with Gasteiger partial charge in [-0.2, -0.15) is 5.10 Å². The van der Waals surface area contributed by atoms with Crippen molar-refractivity contribution in [2.45, 2.75) is 6.92 Å². The molecule has 0 atom stereocenters.